The van der Waals surface area contributed by atoms with Crippen molar-refractivity contribution in [1.29, 1.82) is 0 Å². The van der Waals surface area contributed by atoms with Crippen LogP contribution in [0.25, 0.3) is 55.0 Å². The van der Waals surface area contributed by atoms with Crippen molar-refractivity contribution in [3.05, 3.63) is 229 Å². The lowest BCUT2D eigenvalue weighted by Crippen LogP contribution is -2.61. The number of nitrogens with zero attached hydrogens (tertiary/aromatic N) is 4. The van der Waals surface area contributed by atoms with Crippen LogP contribution >= 0.6 is 0 Å². The number of pyridine rings is 2. The summed E-state index contributed by atoms with van der Waals surface area (Å²) in [7, 11) is 0. The smallest absolute Gasteiger partial charge is 0.252 e. The van der Waals surface area contributed by atoms with Gasteiger partial charge in [-0.25, -0.2) is 0 Å². The fourth-order valence-corrected chi connectivity index (χ4v) is 16.4. The molecule has 0 aliphatic carbocycles. The first-order valence-corrected chi connectivity index (χ1v) is 36.9. The maximum Gasteiger partial charge on any atom is 0.252 e. The Bertz CT molecular complexity index is 4710. The van der Waals surface area contributed by atoms with Crippen LogP contribution in [0.1, 0.15) is 222 Å². The van der Waals surface area contributed by atoms with Crippen molar-refractivity contribution in [3.8, 4) is 11.4 Å². The molecule has 0 spiro atoms. The van der Waals surface area contributed by atoms with E-state index in [4.69, 9.17) is 0 Å². The highest BCUT2D eigenvalue weighted by Crippen LogP contribution is 2.47. The molecule has 9 aromatic carbocycles. The van der Waals surface area contributed by atoms with Crippen molar-refractivity contribution in [1.82, 2.24) is 9.13 Å². The monoisotopic (exact) mass is 1250 g/mol. The summed E-state index contributed by atoms with van der Waals surface area (Å²) in [6.45, 7) is 22.4. The third-order valence-corrected chi connectivity index (χ3v) is 21.6. The van der Waals surface area contributed by atoms with Crippen molar-refractivity contribution >= 4 is 101 Å². The Hall–Kier alpha value is -8.42. The molecule has 2 aliphatic heterocycles. The molecular weight excluding hydrogens is 1160 g/mol. The SMILES string of the molecule is CCCCCc1cc2c3c(c1)N(c1ccc(C(CC)CCC)cc1)c1cc4c(cc1B3c1cc3c(=O)c5cc(C)ccc5n(-c5ccc(C(C)CCC)cc5)c3cc1N2c1ccc(CCCC)cc1)c(=O)c1cc(CCCCC)ccc1n4-c1ccc(C(CC)CCC)cc1. The van der Waals surface area contributed by atoms with Gasteiger partial charge in [0.15, 0.2) is 10.9 Å². The zero-order chi connectivity index (χ0) is 66.0. The quantitative estimate of drug-likeness (QED) is 0.0308. The molecule has 0 radical (unpaired) electrons. The molecule has 6 nitrogen and oxygen atoms in total. The molecule has 3 unspecified atom stereocenters. The van der Waals surface area contributed by atoms with Gasteiger partial charge in [0, 0.05) is 67.0 Å². The van der Waals surface area contributed by atoms with Crippen LogP contribution < -0.4 is 37.0 Å². The van der Waals surface area contributed by atoms with Crippen LogP contribution in [0.4, 0.5) is 34.1 Å². The Morgan fingerprint density at radius 1 is 0.358 bits per heavy atom. The van der Waals surface area contributed by atoms with E-state index in [2.05, 4.69) is 258 Å². The summed E-state index contributed by atoms with van der Waals surface area (Å²) in [6, 6.07) is 64.7. The van der Waals surface area contributed by atoms with Crippen molar-refractivity contribution in [2.24, 2.45) is 0 Å². The molecule has 11 aromatic rings. The Balaban J connectivity index is 1.17. The van der Waals surface area contributed by atoms with Gasteiger partial charge in [0.25, 0.3) is 6.71 Å². The van der Waals surface area contributed by atoms with Crippen molar-refractivity contribution in [2.45, 2.75) is 209 Å². The van der Waals surface area contributed by atoms with Gasteiger partial charge in [0.05, 0.1) is 22.1 Å². The van der Waals surface area contributed by atoms with E-state index in [1.54, 1.807) is 0 Å². The minimum Gasteiger partial charge on any atom is -0.311 e. The molecule has 95 heavy (non-hydrogen) atoms. The van der Waals surface area contributed by atoms with Crippen molar-refractivity contribution in [3.63, 3.8) is 0 Å². The fourth-order valence-electron chi connectivity index (χ4n) is 16.4. The summed E-state index contributed by atoms with van der Waals surface area (Å²) in [4.78, 5) is 37.3. The summed E-state index contributed by atoms with van der Waals surface area (Å²) in [5.74, 6) is 1.38. The Morgan fingerprint density at radius 2 is 0.779 bits per heavy atom. The number of benzene rings is 9. The number of anilines is 6. The number of rotatable bonds is 26. The Kier molecular flexibility index (Phi) is 19.6. The van der Waals surface area contributed by atoms with Gasteiger partial charge in [-0.05, 0) is 242 Å². The first-order chi connectivity index (χ1) is 46.4. The lowest BCUT2D eigenvalue weighted by molar-refractivity contribution is 0.596. The minimum absolute atomic E-state index is 0.0230. The fraction of sp³-hybridized carbons (Fsp3) is 0.364. The largest absolute Gasteiger partial charge is 0.311 e. The summed E-state index contributed by atoms with van der Waals surface area (Å²) in [5.41, 5.74) is 24.4. The summed E-state index contributed by atoms with van der Waals surface area (Å²) < 4.78 is 4.75. The highest BCUT2D eigenvalue weighted by molar-refractivity contribution is 7.00. The highest BCUT2D eigenvalue weighted by atomic mass is 16.1. The maximum atomic E-state index is 16.3. The van der Waals surface area contributed by atoms with Crippen molar-refractivity contribution < 1.29 is 0 Å². The molecular formula is C88H99BN4O2. The van der Waals surface area contributed by atoms with E-state index in [-0.39, 0.29) is 17.6 Å². The van der Waals surface area contributed by atoms with Gasteiger partial charge in [-0.3, -0.25) is 9.59 Å². The second kappa shape index (κ2) is 28.5. The number of aryl methyl sites for hydroxylation is 4. The van der Waals surface area contributed by atoms with E-state index >= 15 is 9.59 Å². The third-order valence-electron chi connectivity index (χ3n) is 21.6. The van der Waals surface area contributed by atoms with Crippen molar-refractivity contribution in [2.75, 3.05) is 9.80 Å². The van der Waals surface area contributed by atoms with Crippen LogP contribution in [0.15, 0.2) is 179 Å². The average molecular weight is 1260 g/mol. The van der Waals surface area contributed by atoms with Gasteiger partial charge >= 0.3 is 0 Å². The van der Waals surface area contributed by atoms with Gasteiger partial charge in [0.2, 0.25) is 0 Å². The molecule has 0 saturated heterocycles. The van der Waals surface area contributed by atoms with Gasteiger partial charge in [0.1, 0.15) is 0 Å². The number of unbranched alkanes of at least 4 members (excludes halogenated alkanes) is 5. The molecule has 0 amide bonds. The van der Waals surface area contributed by atoms with Gasteiger partial charge in [-0.15, -0.1) is 0 Å². The lowest BCUT2D eigenvalue weighted by atomic mass is 9.33. The van der Waals surface area contributed by atoms with E-state index in [1.807, 2.05) is 0 Å². The zero-order valence-corrected chi connectivity index (χ0v) is 58.5. The number of aromatic nitrogens is 2. The van der Waals surface area contributed by atoms with Crippen LogP contribution in [-0.4, -0.2) is 15.8 Å². The van der Waals surface area contributed by atoms with Crippen LogP contribution in [0.3, 0.4) is 0 Å². The molecule has 7 heteroatoms. The molecule has 2 aliphatic rings. The first kappa shape index (κ1) is 65.3. The van der Waals surface area contributed by atoms with Gasteiger partial charge < -0.3 is 18.9 Å². The van der Waals surface area contributed by atoms with E-state index in [0.29, 0.717) is 33.9 Å². The second-order valence-corrected chi connectivity index (χ2v) is 28.1. The topological polar surface area (TPSA) is 50.5 Å². The molecule has 0 fully saturated rings. The Labute approximate surface area is 566 Å². The van der Waals surface area contributed by atoms with E-state index in [0.717, 1.165) is 211 Å². The summed E-state index contributed by atoms with van der Waals surface area (Å²) in [6.07, 6.45) is 20.8. The first-order valence-electron chi connectivity index (χ1n) is 36.9. The molecule has 0 bridgehead atoms. The minimum atomic E-state index is -0.374. The van der Waals surface area contributed by atoms with Gasteiger partial charge in [-0.2, -0.15) is 0 Å². The molecule has 486 valence electrons. The maximum absolute atomic E-state index is 16.3. The molecule has 0 N–H and O–H groups in total. The highest BCUT2D eigenvalue weighted by Gasteiger charge is 2.45. The molecule has 0 saturated carbocycles. The zero-order valence-electron chi connectivity index (χ0n) is 58.5. The number of fused-ring (bicyclic) bond motifs is 8. The average Bonchev–Trinajstić information content (AvgIpc) is 0.688. The Morgan fingerprint density at radius 3 is 1.26 bits per heavy atom. The standard InChI is InChI=1S/C88H99BN4O2/c1-11-19-22-28-61-33-49-79-73(51-61)88(95)75-55-77-83(57-81(75)91(79)70-44-36-66(37-45-70)63(17-7)25-15-5)93(71-46-38-67(39-47-71)64(18-8)26-16-6)85-53-62(29-23-20-12-2)52-84-86(85)89(77)76-54-74-80(56-82(76)92(84)68-40-31-60(32-41-68)27-21-13-3)90(78-48-30-58(9)50-72(78)87(74)94)69-42-34-65(35-43-69)59(10)24-14-4/h30-57,59,63-64H,11-29H2,1-10H3. The van der Waals surface area contributed by atoms with Crippen LogP contribution in [-0.2, 0) is 19.3 Å². The molecule has 13 rings (SSSR count). The number of hydrogen-bond donors (Lipinski definition) is 0. The van der Waals surface area contributed by atoms with Crippen LogP contribution in [0.2, 0.25) is 0 Å². The van der Waals surface area contributed by atoms with Gasteiger partial charge in [-0.1, -0.05) is 192 Å². The number of hydrogen-bond acceptors (Lipinski definition) is 4. The second-order valence-electron chi connectivity index (χ2n) is 28.1. The van der Waals surface area contributed by atoms with E-state index in [1.165, 1.54) is 38.8 Å². The van der Waals surface area contributed by atoms with E-state index < -0.39 is 0 Å². The summed E-state index contributed by atoms with van der Waals surface area (Å²) in [5, 5.41) is 2.81. The normalized spacial score (nSPS) is 13.6. The summed E-state index contributed by atoms with van der Waals surface area (Å²) >= 11 is 0. The third kappa shape index (κ3) is 12.3. The predicted octanol–water partition coefficient (Wildman–Crippen LogP) is 22.3. The lowest BCUT2D eigenvalue weighted by Gasteiger charge is -2.45. The molecule has 2 aromatic heterocycles. The molecule has 4 heterocycles. The van der Waals surface area contributed by atoms with Crippen LogP contribution in [0, 0.1) is 6.92 Å². The van der Waals surface area contributed by atoms with E-state index in [9.17, 15) is 0 Å². The van der Waals surface area contributed by atoms with Crippen LogP contribution in [0.5, 0.6) is 0 Å². The molecule has 3 atom stereocenters. The predicted molar refractivity (Wildman–Crippen MR) is 411 cm³/mol.